The normalized spacial score (nSPS) is 10.5. The summed E-state index contributed by atoms with van der Waals surface area (Å²) in [6, 6.07) is 5.78. The van der Waals surface area contributed by atoms with Crippen molar-refractivity contribution in [3.05, 3.63) is 35.5 Å². The molecule has 3 heteroatoms. The van der Waals surface area contributed by atoms with Crippen LogP contribution in [0.5, 0.6) is 0 Å². The Morgan fingerprint density at radius 2 is 2.31 bits per heavy atom. The van der Waals surface area contributed by atoms with Gasteiger partial charge in [0.1, 0.15) is 0 Å². The van der Waals surface area contributed by atoms with E-state index in [1.807, 2.05) is 18.2 Å². The minimum Gasteiger partial charge on any atom is -0.360 e. The molecule has 0 aliphatic heterocycles. The maximum atomic E-state index is 10.7. The lowest BCUT2D eigenvalue weighted by atomic mass is 10.1. The first-order valence-corrected chi connectivity index (χ1v) is 4.50. The van der Waals surface area contributed by atoms with Gasteiger partial charge in [-0.2, -0.15) is 0 Å². The second-order valence-electron chi connectivity index (χ2n) is 2.84. The highest BCUT2D eigenvalue weighted by Gasteiger charge is 2.05. The van der Waals surface area contributed by atoms with E-state index in [-0.39, 0.29) is 0 Å². The second kappa shape index (κ2) is 3.23. The van der Waals surface area contributed by atoms with Gasteiger partial charge in [-0.25, -0.2) is 0 Å². The zero-order valence-corrected chi connectivity index (χ0v) is 7.64. The third-order valence-electron chi connectivity index (χ3n) is 2.09. The van der Waals surface area contributed by atoms with Gasteiger partial charge in [0.15, 0.2) is 6.29 Å². The first-order valence-electron chi connectivity index (χ1n) is 3.97. The molecule has 13 heavy (non-hydrogen) atoms. The largest absolute Gasteiger partial charge is 0.360 e. The number of carbonyl (C=O) groups excluding carboxylic acids is 1. The van der Waals surface area contributed by atoms with Crippen LogP contribution in [0.4, 0.5) is 0 Å². The molecule has 1 N–H and O–H groups in total. The molecule has 2 nitrogen and oxygen atoms in total. The van der Waals surface area contributed by atoms with Crippen molar-refractivity contribution in [2.24, 2.45) is 0 Å². The summed E-state index contributed by atoms with van der Waals surface area (Å²) >= 11 is 5.76. The Morgan fingerprint density at radius 1 is 1.46 bits per heavy atom. The number of nitrogens with one attached hydrogen (secondary N) is 1. The van der Waals surface area contributed by atoms with Crippen LogP contribution in [0.2, 0.25) is 0 Å². The maximum Gasteiger partial charge on any atom is 0.152 e. The first kappa shape index (κ1) is 8.32. The Bertz CT molecular complexity index is 447. The molecule has 0 aliphatic carbocycles. The highest BCUT2D eigenvalue weighted by Crippen LogP contribution is 2.22. The summed E-state index contributed by atoms with van der Waals surface area (Å²) in [5.41, 5.74) is 2.62. The molecule has 1 aromatic carbocycles. The van der Waals surface area contributed by atoms with Crippen molar-refractivity contribution >= 4 is 28.8 Å². The molecule has 1 heterocycles. The molecule has 0 radical (unpaired) electrons. The molecule has 2 aromatic rings. The first-order chi connectivity index (χ1) is 6.36. The number of aldehydes is 1. The highest BCUT2D eigenvalue weighted by atomic mass is 35.5. The average Bonchev–Trinajstić information content (AvgIpc) is 2.60. The van der Waals surface area contributed by atoms with Gasteiger partial charge in [-0.3, -0.25) is 4.79 Å². The Hall–Kier alpha value is -1.28. The summed E-state index contributed by atoms with van der Waals surface area (Å²) in [5.74, 6) is 0.427. The van der Waals surface area contributed by atoms with Gasteiger partial charge >= 0.3 is 0 Å². The zero-order valence-electron chi connectivity index (χ0n) is 6.88. The Labute approximate surface area is 80.5 Å². The maximum absolute atomic E-state index is 10.7. The summed E-state index contributed by atoms with van der Waals surface area (Å²) in [6.07, 6.45) is 2.54. The summed E-state index contributed by atoms with van der Waals surface area (Å²) in [6.45, 7) is 0. The minimum atomic E-state index is 0.427. The number of aromatic amines is 1. The van der Waals surface area contributed by atoms with E-state index in [0.717, 1.165) is 22.8 Å². The summed E-state index contributed by atoms with van der Waals surface area (Å²) in [7, 11) is 0. The Morgan fingerprint density at radius 3 is 3.00 bits per heavy atom. The summed E-state index contributed by atoms with van der Waals surface area (Å²) < 4.78 is 0. The van der Waals surface area contributed by atoms with Crippen LogP contribution in [-0.4, -0.2) is 11.3 Å². The SMILES string of the molecule is O=Cc1c[nH]c2cccc(CCl)c12. The molecule has 0 aliphatic rings. The number of H-pyrrole nitrogens is 1. The van der Waals surface area contributed by atoms with Gasteiger partial charge in [0, 0.05) is 28.5 Å². The van der Waals surface area contributed by atoms with E-state index in [2.05, 4.69) is 4.98 Å². The summed E-state index contributed by atoms with van der Waals surface area (Å²) in [4.78, 5) is 13.7. The zero-order chi connectivity index (χ0) is 9.26. The van der Waals surface area contributed by atoms with Gasteiger partial charge in [-0.15, -0.1) is 11.6 Å². The van der Waals surface area contributed by atoms with Crippen LogP contribution >= 0.6 is 11.6 Å². The Kier molecular flexibility index (Phi) is 2.07. The van der Waals surface area contributed by atoms with Crippen molar-refractivity contribution in [2.75, 3.05) is 0 Å². The van der Waals surface area contributed by atoms with Crippen LogP contribution in [0.25, 0.3) is 10.9 Å². The topological polar surface area (TPSA) is 32.9 Å². The van der Waals surface area contributed by atoms with Crippen molar-refractivity contribution in [1.29, 1.82) is 0 Å². The number of fused-ring (bicyclic) bond motifs is 1. The molecule has 0 spiro atoms. The number of hydrogen-bond acceptors (Lipinski definition) is 1. The molecule has 1 aromatic heterocycles. The molecule has 66 valence electrons. The molecular weight excluding hydrogens is 186 g/mol. The predicted molar refractivity (Wildman–Crippen MR) is 53.2 cm³/mol. The third-order valence-corrected chi connectivity index (χ3v) is 2.38. The highest BCUT2D eigenvalue weighted by molar-refractivity contribution is 6.18. The van der Waals surface area contributed by atoms with E-state index in [9.17, 15) is 4.79 Å². The smallest absolute Gasteiger partial charge is 0.152 e. The summed E-state index contributed by atoms with van der Waals surface area (Å²) in [5, 5.41) is 0.938. The molecular formula is C10H8ClNO. The molecule has 0 saturated heterocycles. The van der Waals surface area contributed by atoms with Crippen LogP contribution < -0.4 is 0 Å². The average molecular weight is 194 g/mol. The monoisotopic (exact) mass is 193 g/mol. The number of alkyl halides is 1. The standard InChI is InChI=1S/C10H8ClNO/c11-4-7-2-1-3-9-10(7)8(6-13)5-12-9/h1-3,5-6,12H,4H2. The van der Waals surface area contributed by atoms with E-state index in [1.165, 1.54) is 0 Å². The predicted octanol–water partition coefficient (Wildman–Crippen LogP) is 2.72. The quantitative estimate of drug-likeness (QED) is 0.577. The number of halogens is 1. The van der Waals surface area contributed by atoms with Crippen LogP contribution in [0, 0.1) is 0 Å². The lowest BCUT2D eigenvalue weighted by molar-refractivity contribution is 0.112. The molecule has 2 rings (SSSR count). The Balaban J connectivity index is 2.83. The van der Waals surface area contributed by atoms with E-state index in [4.69, 9.17) is 11.6 Å². The number of benzene rings is 1. The van der Waals surface area contributed by atoms with Crippen molar-refractivity contribution in [1.82, 2.24) is 4.98 Å². The van der Waals surface area contributed by atoms with Crippen LogP contribution in [-0.2, 0) is 5.88 Å². The van der Waals surface area contributed by atoms with Gasteiger partial charge in [0.2, 0.25) is 0 Å². The van der Waals surface area contributed by atoms with Crippen molar-refractivity contribution < 1.29 is 4.79 Å². The van der Waals surface area contributed by atoms with Gasteiger partial charge in [0.05, 0.1) is 0 Å². The third kappa shape index (κ3) is 1.23. The molecule has 0 atom stereocenters. The van der Waals surface area contributed by atoms with E-state index in [0.29, 0.717) is 11.4 Å². The minimum absolute atomic E-state index is 0.427. The second-order valence-corrected chi connectivity index (χ2v) is 3.10. The molecule has 0 bridgehead atoms. The van der Waals surface area contributed by atoms with Gasteiger partial charge in [-0.05, 0) is 11.6 Å². The van der Waals surface area contributed by atoms with Gasteiger partial charge in [0.25, 0.3) is 0 Å². The molecule has 0 unspecified atom stereocenters. The lowest BCUT2D eigenvalue weighted by Crippen LogP contribution is -1.82. The van der Waals surface area contributed by atoms with Crippen molar-refractivity contribution in [3.8, 4) is 0 Å². The van der Waals surface area contributed by atoms with Crippen molar-refractivity contribution in [2.45, 2.75) is 5.88 Å². The lowest BCUT2D eigenvalue weighted by Gasteiger charge is -1.97. The molecule has 0 amide bonds. The van der Waals surface area contributed by atoms with Crippen LogP contribution in [0.3, 0.4) is 0 Å². The van der Waals surface area contributed by atoms with Crippen LogP contribution in [0.15, 0.2) is 24.4 Å². The number of carbonyl (C=O) groups is 1. The van der Waals surface area contributed by atoms with E-state index in [1.54, 1.807) is 6.20 Å². The van der Waals surface area contributed by atoms with E-state index < -0.39 is 0 Å². The van der Waals surface area contributed by atoms with Crippen LogP contribution in [0.1, 0.15) is 15.9 Å². The number of aromatic nitrogens is 1. The molecule has 0 saturated carbocycles. The number of rotatable bonds is 2. The fraction of sp³-hybridized carbons (Fsp3) is 0.100. The fourth-order valence-corrected chi connectivity index (χ4v) is 1.72. The number of hydrogen-bond donors (Lipinski definition) is 1. The van der Waals surface area contributed by atoms with E-state index >= 15 is 0 Å². The van der Waals surface area contributed by atoms with Crippen molar-refractivity contribution in [3.63, 3.8) is 0 Å². The molecule has 0 fully saturated rings. The van der Waals surface area contributed by atoms with Gasteiger partial charge in [-0.1, -0.05) is 12.1 Å². The fourth-order valence-electron chi connectivity index (χ4n) is 1.49. The van der Waals surface area contributed by atoms with Gasteiger partial charge < -0.3 is 4.98 Å².